The quantitative estimate of drug-likeness (QED) is 0.613. The Kier molecular flexibility index (Phi) is 6.75. The third kappa shape index (κ3) is 4.04. The van der Waals surface area contributed by atoms with Crippen molar-refractivity contribution in [1.29, 1.82) is 0 Å². The molecule has 0 saturated carbocycles. The first-order valence-electron chi connectivity index (χ1n) is 8.26. The van der Waals surface area contributed by atoms with Gasteiger partial charge in [-0.2, -0.15) is 0 Å². The van der Waals surface area contributed by atoms with Crippen LogP contribution in [0.25, 0.3) is 0 Å². The first-order chi connectivity index (χ1) is 11.1. The predicted octanol–water partition coefficient (Wildman–Crippen LogP) is 2.88. The maximum Gasteiger partial charge on any atom is 0.354 e. The molecule has 1 atom stereocenters. The topological polar surface area (TPSA) is 79.5 Å². The third-order valence-corrected chi connectivity index (χ3v) is 4.11. The highest BCUT2D eigenvalue weighted by molar-refractivity contribution is 6.06. The number of rotatable bonds is 7. The molecule has 0 radical (unpaired) electrons. The van der Waals surface area contributed by atoms with Crippen LogP contribution in [0.15, 0.2) is 0 Å². The Bertz CT molecular complexity index is 631. The van der Waals surface area contributed by atoms with Crippen LogP contribution in [0.2, 0.25) is 0 Å². The number of aromatic amines is 1. The molecule has 1 rings (SSSR count). The summed E-state index contributed by atoms with van der Waals surface area (Å²) in [6.07, 6.45) is 0.350. The molecule has 1 N–H and O–H groups in total. The molecular weight excluding hydrogens is 308 g/mol. The number of hydrogen-bond acceptors (Lipinski definition) is 4. The minimum atomic E-state index is -0.585. The van der Waals surface area contributed by atoms with E-state index >= 15 is 0 Å². The molecule has 0 spiro atoms. The second kappa shape index (κ2) is 8.13. The molecular formula is C18H28N2O4. The van der Waals surface area contributed by atoms with Crippen LogP contribution in [0.5, 0.6) is 0 Å². The van der Waals surface area contributed by atoms with Crippen molar-refractivity contribution in [2.45, 2.75) is 54.0 Å². The fourth-order valence-electron chi connectivity index (χ4n) is 2.85. The molecule has 0 aliphatic heterocycles. The van der Waals surface area contributed by atoms with Crippen LogP contribution >= 0.6 is 0 Å². The lowest BCUT2D eigenvalue weighted by Crippen LogP contribution is -2.45. The summed E-state index contributed by atoms with van der Waals surface area (Å²) < 4.78 is 4.74. The molecule has 1 amide bonds. The number of carbonyl (C=O) groups is 3. The average Bonchev–Trinajstić information content (AvgIpc) is 2.84. The Labute approximate surface area is 143 Å². The van der Waals surface area contributed by atoms with Gasteiger partial charge in [-0.15, -0.1) is 0 Å². The third-order valence-electron chi connectivity index (χ3n) is 4.11. The van der Waals surface area contributed by atoms with E-state index in [1.807, 2.05) is 13.8 Å². The van der Waals surface area contributed by atoms with Gasteiger partial charge in [0.05, 0.1) is 13.2 Å². The molecule has 134 valence electrons. The van der Waals surface area contributed by atoms with Crippen molar-refractivity contribution in [3.63, 3.8) is 0 Å². The Balaban J connectivity index is 3.22. The standard InChI is InChI=1S/C18H28N2O4/c1-8-14(21)20(9-10(2)3)13(6)17(22)15-11(4)16(18(23)24-7)19-12(15)5/h10,13,19H,8-9H2,1-7H3/t13-/m0/s1. The summed E-state index contributed by atoms with van der Waals surface area (Å²) in [5.74, 6) is -0.469. The van der Waals surface area contributed by atoms with Gasteiger partial charge < -0.3 is 14.6 Å². The van der Waals surface area contributed by atoms with Crippen LogP contribution in [0.4, 0.5) is 0 Å². The molecule has 24 heavy (non-hydrogen) atoms. The van der Waals surface area contributed by atoms with Crippen LogP contribution in [0.3, 0.4) is 0 Å². The monoisotopic (exact) mass is 336 g/mol. The Morgan fingerprint density at radius 2 is 1.75 bits per heavy atom. The highest BCUT2D eigenvalue weighted by atomic mass is 16.5. The molecule has 0 fully saturated rings. The van der Waals surface area contributed by atoms with Gasteiger partial charge in [-0.25, -0.2) is 4.79 Å². The molecule has 1 heterocycles. The maximum absolute atomic E-state index is 13.0. The Hall–Kier alpha value is -2.11. The fourth-order valence-corrected chi connectivity index (χ4v) is 2.85. The van der Waals surface area contributed by atoms with Gasteiger partial charge in [0.15, 0.2) is 5.78 Å². The van der Waals surface area contributed by atoms with Gasteiger partial charge in [0, 0.05) is 24.2 Å². The van der Waals surface area contributed by atoms with Crippen molar-refractivity contribution >= 4 is 17.7 Å². The predicted molar refractivity (Wildman–Crippen MR) is 92.2 cm³/mol. The molecule has 0 aromatic carbocycles. The van der Waals surface area contributed by atoms with E-state index in [4.69, 9.17) is 4.74 Å². The van der Waals surface area contributed by atoms with Crippen molar-refractivity contribution in [3.05, 3.63) is 22.5 Å². The van der Waals surface area contributed by atoms with Gasteiger partial charge in [-0.3, -0.25) is 9.59 Å². The normalized spacial score (nSPS) is 12.2. The van der Waals surface area contributed by atoms with E-state index in [0.29, 0.717) is 29.8 Å². The number of carbonyl (C=O) groups excluding carboxylic acids is 3. The summed E-state index contributed by atoms with van der Waals surface area (Å²) >= 11 is 0. The smallest absolute Gasteiger partial charge is 0.354 e. The SMILES string of the molecule is CCC(=O)N(CC(C)C)[C@@H](C)C(=O)c1c(C)[nH]c(C(=O)OC)c1C. The number of aromatic nitrogens is 1. The molecule has 6 nitrogen and oxygen atoms in total. The molecule has 0 bridgehead atoms. The van der Waals surface area contributed by atoms with Gasteiger partial charge >= 0.3 is 5.97 Å². The number of nitrogens with zero attached hydrogens (tertiary/aromatic N) is 1. The number of ether oxygens (including phenoxy) is 1. The molecule has 0 unspecified atom stereocenters. The molecule has 0 aliphatic carbocycles. The van der Waals surface area contributed by atoms with Crippen molar-refractivity contribution in [1.82, 2.24) is 9.88 Å². The number of hydrogen-bond donors (Lipinski definition) is 1. The van der Waals surface area contributed by atoms with E-state index in [1.54, 1.807) is 32.6 Å². The van der Waals surface area contributed by atoms with Gasteiger partial charge in [0.2, 0.25) is 5.91 Å². The molecule has 0 aliphatic rings. The molecule has 1 aromatic rings. The zero-order valence-corrected chi connectivity index (χ0v) is 15.6. The average molecular weight is 336 g/mol. The largest absolute Gasteiger partial charge is 0.464 e. The van der Waals surface area contributed by atoms with Gasteiger partial charge in [-0.1, -0.05) is 20.8 Å². The number of amides is 1. The second-order valence-electron chi connectivity index (χ2n) is 6.45. The lowest BCUT2D eigenvalue weighted by molar-refractivity contribution is -0.132. The van der Waals surface area contributed by atoms with Crippen LogP contribution < -0.4 is 0 Å². The van der Waals surface area contributed by atoms with E-state index in [9.17, 15) is 14.4 Å². The van der Waals surface area contributed by atoms with Crippen LogP contribution in [-0.4, -0.2) is 47.2 Å². The summed E-state index contributed by atoms with van der Waals surface area (Å²) in [5, 5.41) is 0. The minimum Gasteiger partial charge on any atom is -0.464 e. The van der Waals surface area contributed by atoms with Crippen molar-refractivity contribution in [2.24, 2.45) is 5.92 Å². The molecule has 0 saturated heterocycles. The number of esters is 1. The van der Waals surface area contributed by atoms with Crippen molar-refractivity contribution < 1.29 is 19.1 Å². The summed E-state index contributed by atoms with van der Waals surface area (Å²) in [4.78, 5) is 41.6. The lowest BCUT2D eigenvalue weighted by atomic mass is 9.99. The van der Waals surface area contributed by atoms with Crippen molar-refractivity contribution in [3.8, 4) is 0 Å². The van der Waals surface area contributed by atoms with Gasteiger partial charge in [-0.05, 0) is 32.3 Å². The first-order valence-corrected chi connectivity index (χ1v) is 8.26. The highest BCUT2D eigenvalue weighted by Gasteiger charge is 2.30. The number of H-pyrrole nitrogens is 1. The summed E-state index contributed by atoms with van der Waals surface area (Å²) in [7, 11) is 1.30. The molecule has 6 heteroatoms. The summed E-state index contributed by atoms with van der Waals surface area (Å²) in [5.41, 5.74) is 1.91. The summed E-state index contributed by atoms with van der Waals surface area (Å²) in [6.45, 7) is 11.5. The zero-order chi connectivity index (χ0) is 18.6. The van der Waals surface area contributed by atoms with E-state index in [-0.39, 0.29) is 23.3 Å². The number of aryl methyl sites for hydroxylation is 1. The van der Waals surface area contributed by atoms with E-state index in [2.05, 4.69) is 4.98 Å². The highest BCUT2D eigenvalue weighted by Crippen LogP contribution is 2.22. The number of nitrogens with one attached hydrogen (secondary N) is 1. The van der Waals surface area contributed by atoms with Crippen LogP contribution in [-0.2, 0) is 9.53 Å². The van der Waals surface area contributed by atoms with E-state index < -0.39 is 12.0 Å². The minimum absolute atomic E-state index is 0.0522. The fraction of sp³-hybridized carbons (Fsp3) is 0.611. The number of Topliss-reactive ketones (excluding diaryl/α,β-unsaturated/α-hetero) is 1. The van der Waals surface area contributed by atoms with Gasteiger partial charge in [0.25, 0.3) is 0 Å². The number of methoxy groups -OCH3 is 1. The summed E-state index contributed by atoms with van der Waals surface area (Å²) in [6, 6.07) is -0.585. The molecule has 1 aromatic heterocycles. The Morgan fingerprint density at radius 1 is 1.17 bits per heavy atom. The Morgan fingerprint density at radius 3 is 2.21 bits per heavy atom. The number of ketones is 1. The van der Waals surface area contributed by atoms with Crippen molar-refractivity contribution in [2.75, 3.05) is 13.7 Å². The zero-order valence-electron chi connectivity index (χ0n) is 15.6. The van der Waals surface area contributed by atoms with Crippen LogP contribution in [0, 0.1) is 19.8 Å². The van der Waals surface area contributed by atoms with E-state index in [1.165, 1.54) is 7.11 Å². The lowest BCUT2D eigenvalue weighted by Gasteiger charge is -2.30. The van der Waals surface area contributed by atoms with Gasteiger partial charge in [0.1, 0.15) is 5.69 Å². The second-order valence-corrected chi connectivity index (χ2v) is 6.45. The van der Waals surface area contributed by atoms with Crippen LogP contribution in [0.1, 0.15) is 66.2 Å². The first kappa shape index (κ1) is 19.9. The van der Waals surface area contributed by atoms with E-state index in [0.717, 1.165) is 0 Å². The maximum atomic E-state index is 13.0.